The van der Waals surface area contributed by atoms with Crippen LogP contribution in [-0.4, -0.2) is 35.6 Å². The number of phenols is 1. The molecule has 0 radical (unpaired) electrons. The molecule has 0 unspecified atom stereocenters. The molecule has 184 valence electrons. The first kappa shape index (κ1) is 26.4. The molecule has 0 saturated carbocycles. The van der Waals surface area contributed by atoms with Crippen molar-refractivity contribution in [1.29, 1.82) is 0 Å². The molecule has 1 amide bonds. The number of nitrogens with one attached hydrogen (secondary N) is 1. The van der Waals surface area contributed by atoms with Crippen LogP contribution in [0.1, 0.15) is 23.7 Å². The van der Waals surface area contributed by atoms with E-state index in [9.17, 15) is 14.7 Å². The molecule has 2 N–H and O–H groups in total. The highest BCUT2D eigenvalue weighted by atomic mass is 79.9. The molecule has 7 nitrogen and oxygen atoms in total. The number of thiol groups is 1. The zero-order chi connectivity index (χ0) is 25.2. The summed E-state index contributed by atoms with van der Waals surface area (Å²) in [4.78, 5) is 24.5. The number of para-hydroxylation sites is 1. The third-order valence-electron chi connectivity index (χ3n) is 4.99. The van der Waals surface area contributed by atoms with E-state index >= 15 is 0 Å². The highest BCUT2D eigenvalue weighted by molar-refractivity contribution is 9.10. The zero-order valence-electron chi connectivity index (χ0n) is 19.0. The van der Waals surface area contributed by atoms with Gasteiger partial charge in [0, 0.05) is 22.1 Å². The summed E-state index contributed by atoms with van der Waals surface area (Å²) in [5.41, 5.74) is 1.94. The molecule has 3 aromatic rings. The van der Waals surface area contributed by atoms with Crippen molar-refractivity contribution in [3.8, 4) is 11.5 Å². The van der Waals surface area contributed by atoms with Gasteiger partial charge in [-0.25, -0.2) is 4.79 Å². The molecule has 0 saturated heterocycles. The lowest BCUT2D eigenvalue weighted by Gasteiger charge is -2.29. The molecular weight excluding hydrogens is 534 g/mol. The van der Waals surface area contributed by atoms with Crippen LogP contribution in [0.2, 0.25) is 0 Å². The number of benzene rings is 3. The minimum absolute atomic E-state index is 0.00506. The Morgan fingerprint density at radius 1 is 1.06 bits per heavy atom. The first-order valence-electron chi connectivity index (χ1n) is 10.9. The number of esters is 1. The van der Waals surface area contributed by atoms with Crippen molar-refractivity contribution in [1.82, 2.24) is 0 Å². The van der Waals surface area contributed by atoms with Crippen molar-refractivity contribution < 1.29 is 28.9 Å². The topological polar surface area (TPSA) is 94.1 Å². The van der Waals surface area contributed by atoms with Crippen molar-refractivity contribution in [3.63, 3.8) is 0 Å². The summed E-state index contributed by atoms with van der Waals surface area (Å²) in [6.45, 7) is 1.95. The molecule has 0 spiro atoms. The molecule has 9 heteroatoms. The van der Waals surface area contributed by atoms with Gasteiger partial charge in [0.25, 0.3) is 0 Å². The Kier molecular flexibility index (Phi) is 9.86. The number of ether oxygens (including phenoxy) is 3. The van der Waals surface area contributed by atoms with Gasteiger partial charge in [0.1, 0.15) is 17.6 Å². The molecule has 0 aromatic heterocycles. The molecule has 0 bridgehead atoms. The van der Waals surface area contributed by atoms with Crippen LogP contribution in [0.15, 0.2) is 77.3 Å². The van der Waals surface area contributed by atoms with Crippen molar-refractivity contribution in [2.75, 3.05) is 17.7 Å². The maximum Gasteiger partial charge on any atom is 0.412 e. The number of halogens is 1. The number of carbonyl (C=O) groups is 2. The van der Waals surface area contributed by atoms with E-state index in [2.05, 4.69) is 33.9 Å². The largest absolute Gasteiger partial charge is 0.508 e. The van der Waals surface area contributed by atoms with Gasteiger partial charge in [-0.05, 0) is 49.4 Å². The maximum atomic E-state index is 12.9. The van der Waals surface area contributed by atoms with Gasteiger partial charge in [0.05, 0.1) is 12.4 Å². The first-order chi connectivity index (χ1) is 16.9. The highest BCUT2D eigenvalue weighted by Gasteiger charge is 2.32. The number of aromatic hydroxyl groups is 1. The zero-order valence-corrected chi connectivity index (χ0v) is 21.5. The first-order valence-corrected chi connectivity index (χ1v) is 12.3. The molecule has 35 heavy (non-hydrogen) atoms. The van der Waals surface area contributed by atoms with Crippen LogP contribution >= 0.6 is 28.6 Å². The molecule has 0 aliphatic rings. The van der Waals surface area contributed by atoms with Gasteiger partial charge >= 0.3 is 12.1 Å². The summed E-state index contributed by atoms with van der Waals surface area (Å²) in [6.07, 6.45) is -2.38. The minimum atomic E-state index is -1.03. The Hall–Kier alpha value is -3.17. The Labute approximate surface area is 217 Å². The van der Waals surface area contributed by atoms with E-state index in [1.807, 2.05) is 37.3 Å². The number of amides is 1. The van der Waals surface area contributed by atoms with Gasteiger partial charge in [-0.2, -0.15) is 12.6 Å². The predicted molar refractivity (Wildman–Crippen MR) is 140 cm³/mol. The number of hydrogen-bond acceptors (Lipinski definition) is 7. The van der Waals surface area contributed by atoms with E-state index < -0.39 is 24.3 Å². The van der Waals surface area contributed by atoms with E-state index in [1.54, 1.807) is 36.4 Å². The Morgan fingerprint density at radius 3 is 2.46 bits per heavy atom. The lowest BCUT2D eigenvalue weighted by molar-refractivity contribution is -0.141. The van der Waals surface area contributed by atoms with Gasteiger partial charge in [0.2, 0.25) is 0 Å². The van der Waals surface area contributed by atoms with E-state index in [0.717, 1.165) is 5.56 Å². The van der Waals surface area contributed by atoms with Crippen LogP contribution in [0, 0.1) is 6.92 Å². The van der Waals surface area contributed by atoms with Gasteiger partial charge in [0.15, 0.2) is 6.10 Å². The summed E-state index contributed by atoms with van der Waals surface area (Å²) in [6, 6.07) is 21.1. The van der Waals surface area contributed by atoms with Crippen LogP contribution in [0.3, 0.4) is 0 Å². The average Bonchev–Trinajstić information content (AvgIpc) is 2.85. The summed E-state index contributed by atoms with van der Waals surface area (Å²) >= 11 is 7.32. The lowest BCUT2D eigenvalue weighted by atomic mass is 10.0. The molecule has 2 atom stereocenters. The van der Waals surface area contributed by atoms with Gasteiger partial charge in [-0.15, -0.1) is 0 Å². The molecule has 0 fully saturated rings. The summed E-state index contributed by atoms with van der Waals surface area (Å²) in [7, 11) is 0. The van der Waals surface area contributed by atoms with Crippen molar-refractivity contribution >= 4 is 46.3 Å². The summed E-state index contributed by atoms with van der Waals surface area (Å²) < 4.78 is 17.8. The number of hydrogen-bond donors (Lipinski definition) is 3. The van der Waals surface area contributed by atoms with Crippen LogP contribution in [0.4, 0.5) is 10.5 Å². The number of phenolic OH excluding ortho intramolecular Hbond substituents is 1. The Bertz CT molecular complexity index is 1130. The van der Waals surface area contributed by atoms with Crippen LogP contribution in [0.25, 0.3) is 0 Å². The number of rotatable bonds is 10. The molecular formula is C26H26BrNO6S. The van der Waals surface area contributed by atoms with Gasteiger partial charge in [-0.1, -0.05) is 51.8 Å². The second kappa shape index (κ2) is 13.1. The average molecular weight is 560 g/mol. The fourth-order valence-electron chi connectivity index (χ4n) is 3.27. The van der Waals surface area contributed by atoms with Crippen molar-refractivity contribution in [2.45, 2.75) is 25.6 Å². The molecule has 0 heterocycles. The Balaban J connectivity index is 1.90. The van der Waals surface area contributed by atoms with Crippen LogP contribution < -0.4 is 10.1 Å². The predicted octanol–water partition coefficient (Wildman–Crippen LogP) is 6.06. The summed E-state index contributed by atoms with van der Waals surface area (Å²) in [5.74, 6) is -0.0859. The highest BCUT2D eigenvalue weighted by Crippen LogP contribution is 2.35. The molecule has 0 aliphatic heterocycles. The standard InChI is InChI=1S/C26H26BrNO6S/c1-17-7-10-19(11-8-17)28-26(31)34-25(21-15-18(27)9-12-22(21)29)23(13-14-32-24(30)16-35)33-20-5-3-2-4-6-20/h2-12,15,23,25,29,35H,13-14,16H2,1H3,(H,28,31)/t23-,25-/m0/s1. The number of anilines is 1. The maximum absolute atomic E-state index is 12.9. The van der Waals surface area contributed by atoms with E-state index in [4.69, 9.17) is 14.2 Å². The quantitative estimate of drug-likeness (QED) is 0.206. The Morgan fingerprint density at radius 2 is 1.77 bits per heavy atom. The van der Waals surface area contributed by atoms with Gasteiger partial charge in [-0.3, -0.25) is 10.1 Å². The fraction of sp³-hybridized carbons (Fsp3) is 0.231. The second-order valence-electron chi connectivity index (χ2n) is 7.66. The monoisotopic (exact) mass is 559 g/mol. The van der Waals surface area contributed by atoms with E-state index in [-0.39, 0.29) is 24.5 Å². The SMILES string of the molecule is Cc1ccc(NC(=O)O[C@@H](c2cc(Br)ccc2O)[C@H](CCOC(=O)CS)Oc2ccccc2)cc1. The van der Waals surface area contributed by atoms with Crippen molar-refractivity contribution in [2.24, 2.45) is 0 Å². The normalized spacial score (nSPS) is 12.3. The van der Waals surface area contributed by atoms with Crippen LogP contribution in [0.5, 0.6) is 11.5 Å². The third kappa shape index (κ3) is 8.22. The number of aryl methyl sites for hydroxylation is 1. The van der Waals surface area contributed by atoms with E-state index in [0.29, 0.717) is 21.5 Å². The second-order valence-corrected chi connectivity index (χ2v) is 8.89. The molecule has 3 rings (SSSR count). The third-order valence-corrected chi connectivity index (χ3v) is 5.74. The van der Waals surface area contributed by atoms with Gasteiger partial charge < -0.3 is 19.3 Å². The van der Waals surface area contributed by atoms with Crippen molar-refractivity contribution in [3.05, 3.63) is 88.4 Å². The lowest BCUT2D eigenvalue weighted by Crippen LogP contribution is -2.32. The number of carbonyl (C=O) groups excluding carboxylic acids is 2. The smallest absolute Gasteiger partial charge is 0.412 e. The minimum Gasteiger partial charge on any atom is -0.508 e. The van der Waals surface area contributed by atoms with Crippen LogP contribution in [-0.2, 0) is 14.3 Å². The molecule has 3 aromatic carbocycles. The fourth-order valence-corrected chi connectivity index (χ4v) is 3.74. The molecule has 0 aliphatic carbocycles. The summed E-state index contributed by atoms with van der Waals surface area (Å²) in [5, 5.41) is 13.3. The van der Waals surface area contributed by atoms with E-state index in [1.165, 1.54) is 6.07 Å².